The second-order valence-electron chi connectivity index (χ2n) is 10.5. The van der Waals surface area contributed by atoms with E-state index in [1.54, 1.807) is 12.1 Å². The number of hydrogen-bond acceptors (Lipinski definition) is 4. The summed E-state index contributed by atoms with van der Waals surface area (Å²) in [5, 5.41) is 0. The Balaban J connectivity index is 1.28. The van der Waals surface area contributed by atoms with Crippen molar-refractivity contribution in [1.29, 1.82) is 0 Å². The minimum absolute atomic E-state index is 0.0709. The number of aryl methyl sites for hydroxylation is 1. The van der Waals surface area contributed by atoms with Crippen LogP contribution in [0.1, 0.15) is 68.9 Å². The lowest BCUT2D eigenvalue weighted by atomic mass is 9.95. The number of methoxy groups -OCH3 is 1. The van der Waals surface area contributed by atoms with Gasteiger partial charge >= 0.3 is 6.18 Å². The summed E-state index contributed by atoms with van der Waals surface area (Å²) in [5.41, 5.74) is 4.36. The first-order valence-electron chi connectivity index (χ1n) is 14.7. The number of hydrogen-bond donors (Lipinski definition) is 0. The predicted molar refractivity (Wildman–Crippen MR) is 162 cm³/mol. The maximum absolute atomic E-state index is 13.7. The standard InChI is InChI=1S/C35H39F3N2O2/c1-3-4-5-6-7-8-9-26-10-12-27(13-11-26)30-24-39-34(40-25-30)29-16-20-32(21-17-29)42-23-22-33(35(36,37)38)28-14-18-31(41-2)19-15-28/h10-21,24-25,33H,3-9,22-23H2,1-2H3. The Bertz CT molecular complexity index is 1340. The molecule has 0 amide bonds. The number of unbranched alkanes of at least 4 members (excludes halogenated alkanes) is 5. The normalized spacial score (nSPS) is 12.2. The average molecular weight is 577 g/mol. The minimum Gasteiger partial charge on any atom is -0.497 e. The average Bonchev–Trinajstić information content (AvgIpc) is 3.01. The van der Waals surface area contributed by atoms with Crippen LogP contribution in [0.25, 0.3) is 22.5 Å². The predicted octanol–water partition coefficient (Wildman–Crippen LogP) is 9.84. The first-order valence-corrected chi connectivity index (χ1v) is 14.7. The quantitative estimate of drug-likeness (QED) is 0.132. The van der Waals surface area contributed by atoms with Gasteiger partial charge in [-0.2, -0.15) is 13.2 Å². The SMILES string of the molecule is CCCCCCCCc1ccc(-c2cnc(-c3ccc(OCCC(c4ccc(OC)cc4)C(F)(F)F)cc3)nc2)cc1. The second kappa shape index (κ2) is 15.4. The van der Waals surface area contributed by atoms with Crippen LogP contribution in [0.2, 0.25) is 0 Å². The second-order valence-corrected chi connectivity index (χ2v) is 10.5. The topological polar surface area (TPSA) is 44.2 Å². The summed E-state index contributed by atoms with van der Waals surface area (Å²) < 4.78 is 51.8. The molecule has 0 fully saturated rings. The zero-order chi connectivity index (χ0) is 29.8. The Labute approximate surface area is 247 Å². The van der Waals surface area contributed by atoms with Gasteiger partial charge in [0.05, 0.1) is 19.6 Å². The van der Waals surface area contributed by atoms with Crippen molar-refractivity contribution in [3.63, 3.8) is 0 Å². The van der Waals surface area contributed by atoms with Crippen molar-refractivity contribution in [3.05, 3.63) is 96.3 Å². The molecule has 1 aromatic heterocycles. The zero-order valence-electron chi connectivity index (χ0n) is 24.4. The number of ether oxygens (including phenoxy) is 2. The summed E-state index contributed by atoms with van der Waals surface area (Å²) in [6.07, 6.45) is 7.93. The largest absolute Gasteiger partial charge is 0.497 e. The molecule has 1 atom stereocenters. The highest BCUT2D eigenvalue weighted by molar-refractivity contribution is 5.64. The summed E-state index contributed by atoms with van der Waals surface area (Å²) >= 11 is 0. The fourth-order valence-electron chi connectivity index (χ4n) is 4.95. The van der Waals surface area contributed by atoms with Crippen molar-refractivity contribution in [2.24, 2.45) is 0 Å². The van der Waals surface area contributed by atoms with Gasteiger partial charge in [0.15, 0.2) is 5.82 Å². The van der Waals surface area contributed by atoms with Crippen LogP contribution in [0.15, 0.2) is 85.2 Å². The Morgan fingerprint density at radius 2 is 1.29 bits per heavy atom. The molecule has 1 unspecified atom stereocenters. The molecule has 0 saturated heterocycles. The van der Waals surface area contributed by atoms with Gasteiger partial charge in [-0.25, -0.2) is 9.97 Å². The Kier molecular flexibility index (Phi) is 11.4. The third-order valence-electron chi connectivity index (χ3n) is 7.46. The smallest absolute Gasteiger partial charge is 0.395 e. The molecule has 0 radical (unpaired) electrons. The highest BCUT2D eigenvalue weighted by Gasteiger charge is 2.40. The molecule has 0 aliphatic rings. The molecule has 4 aromatic rings. The molecule has 4 rings (SSSR count). The summed E-state index contributed by atoms with van der Waals surface area (Å²) in [5.74, 6) is -0.0396. The van der Waals surface area contributed by atoms with Crippen LogP contribution in [0.4, 0.5) is 13.2 Å². The molecule has 0 aliphatic carbocycles. The minimum atomic E-state index is -4.37. The first kappa shape index (κ1) is 31.1. The summed E-state index contributed by atoms with van der Waals surface area (Å²) in [6.45, 7) is 2.17. The van der Waals surface area contributed by atoms with E-state index in [9.17, 15) is 13.2 Å². The molecular weight excluding hydrogens is 537 g/mol. The molecular formula is C35H39F3N2O2. The lowest BCUT2D eigenvalue weighted by Crippen LogP contribution is -2.23. The van der Waals surface area contributed by atoms with E-state index >= 15 is 0 Å². The third-order valence-corrected chi connectivity index (χ3v) is 7.46. The third kappa shape index (κ3) is 9.07. The lowest BCUT2D eigenvalue weighted by Gasteiger charge is -2.21. The van der Waals surface area contributed by atoms with E-state index in [1.165, 1.54) is 75.5 Å². The van der Waals surface area contributed by atoms with Gasteiger partial charge in [0.1, 0.15) is 11.5 Å². The number of rotatable bonds is 15. The monoisotopic (exact) mass is 576 g/mol. The Hall–Kier alpha value is -3.87. The molecule has 3 aromatic carbocycles. The highest BCUT2D eigenvalue weighted by atomic mass is 19.4. The number of benzene rings is 3. The molecule has 0 aliphatic heterocycles. The lowest BCUT2D eigenvalue weighted by molar-refractivity contribution is -0.153. The fourth-order valence-corrected chi connectivity index (χ4v) is 4.95. The number of aromatic nitrogens is 2. The molecule has 0 bridgehead atoms. The maximum atomic E-state index is 13.7. The van der Waals surface area contributed by atoms with Crippen LogP contribution < -0.4 is 9.47 Å². The molecule has 1 heterocycles. The zero-order valence-corrected chi connectivity index (χ0v) is 24.4. The molecule has 7 heteroatoms. The number of alkyl halides is 3. The summed E-state index contributed by atoms with van der Waals surface area (Å²) in [7, 11) is 1.48. The molecule has 222 valence electrons. The van der Waals surface area contributed by atoms with Crippen LogP contribution in [0, 0.1) is 0 Å². The Morgan fingerprint density at radius 3 is 1.90 bits per heavy atom. The van der Waals surface area contributed by atoms with Gasteiger partial charge in [0.25, 0.3) is 0 Å². The van der Waals surface area contributed by atoms with E-state index in [0.29, 0.717) is 17.3 Å². The van der Waals surface area contributed by atoms with Gasteiger partial charge < -0.3 is 9.47 Å². The van der Waals surface area contributed by atoms with Gasteiger partial charge in [0.2, 0.25) is 0 Å². The van der Waals surface area contributed by atoms with E-state index < -0.39 is 12.1 Å². The van der Waals surface area contributed by atoms with Crippen molar-refractivity contribution in [2.75, 3.05) is 13.7 Å². The van der Waals surface area contributed by atoms with E-state index in [2.05, 4.69) is 41.2 Å². The van der Waals surface area contributed by atoms with Crippen LogP contribution in [-0.2, 0) is 6.42 Å². The van der Waals surface area contributed by atoms with Gasteiger partial charge in [-0.15, -0.1) is 0 Å². The molecule has 0 spiro atoms. The van der Waals surface area contributed by atoms with Crippen LogP contribution >= 0.6 is 0 Å². The number of nitrogens with zero attached hydrogens (tertiary/aromatic N) is 2. The van der Waals surface area contributed by atoms with E-state index in [1.807, 2.05) is 24.5 Å². The van der Waals surface area contributed by atoms with E-state index in [0.717, 1.165) is 23.1 Å². The fraction of sp³-hybridized carbons (Fsp3) is 0.371. The molecule has 4 nitrogen and oxygen atoms in total. The van der Waals surface area contributed by atoms with Crippen LogP contribution in [0.5, 0.6) is 11.5 Å². The van der Waals surface area contributed by atoms with Crippen molar-refractivity contribution >= 4 is 0 Å². The first-order chi connectivity index (χ1) is 20.4. The van der Waals surface area contributed by atoms with Crippen molar-refractivity contribution in [3.8, 4) is 34.0 Å². The van der Waals surface area contributed by atoms with Gasteiger partial charge in [0, 0.05) is 23.5 Å². The van der Waals surface area contributed by atoms with Crippen molar-refractivity contribution in [1.82, 2.24) is 9.97 Å². The van der Waals surface area contributed by atoms with E-state index in [4.69, 9.17) is 9.47 Å². The number of halogens is 3. The van der Waals surface area contributed by atoms with Crippen LogP contribution in [-0.4, -0.2) is 29.9 Å². The Morgan fingerprint density at radius 1 is 0.690 bits per heavy atom. The molecule has 0 saturated carbocycles. The molecule has 0 N–H and O–H groups in total. The van der Waals surface area contributed by atoms with E-state index in [-0.39, 0.29) is 18.6 Å². The van der Waals surface area contributed by atoms with Gasteiger partial charge in [-0.05, 0) is 72.4 Å². The van der Waals surface area contributed by atoms with Gasteiger partial charge in [-0.3, -0.25) is 0 Å². The summed E-state index contributed by atoms with van der Waals surface area (Å²) in [4.78, 5) is 9.07. The highest BCUT2D eigenvalue weighted by Crippen LogP contribution is 2.38. The maximum Gasteiger partial charge on any atom is 0.395 e. The van der Waals surface area contributed by atoms with Crippen LogP contribution in [0.3, 0.4) is 0 Å². The van der Waals surface area contributed by atoms with Crippen molar-refractivity contribution < 1.29 is 22.6 Å². The molecule has 42 heavy (non-hydrogen) atoms. The van der Waals surface area contributed by atoms with Gasteiger partial charge in [-0.1, -0.05) is 75.4 Å². The van der Waals surface area contributed by atoms with Crippen molar-refractivity contribution in [2.45, 2.75) is 70.4 Å². The summed E-state index contributed by atoms with van der Waals surface area (Å²) in [6, 6.07) is 21.7.